The summed E-state index contributed by atoms with van der Waals surface area (Å²) in [5.74, 6) is -0.217. The van der Waals surface area contributed by atoms with Crippen molar-refractivity contribution < 1.29 is 9.59 Å². The third kappa shape index (κ3) is 5.51. The molecular weight excluding hydrogens is 367 g/mol. The van der Waals surface area contributed by atoms with E-state index >= 15 is 0 Å². The Morgan fingerprint density at radius 2 is 1.83 bits per heavy atom. The molecular formula is C17H18Cl2N2O2S. The Balaban J connectivity index is 1.80. The van der Waals surface area contributed by atoms with E-state index in [1.165, 1.54) is 11.3 Å². The molecule has 24 heavy (non-hydrogen) atoms. The van der Waals surface area contributed by atoms with E-state index in [-0.39, 0.29) is 18.2 Å². The van der Waals surface area contributed by atoms with Crippen LogP contribution in [0.1, 0.15) is 28.6 Å². The molecule has 4 nitrogen and oxygen atoms in total. The third-order valence-corrected chi connectivity index (χ3v) is 4.91. The molecule has 0 radical (unpaired) electrons. The molecule has 0 saturated carbocycles. The van der Waals surface area contributed by atoms with Crippen LogP contribution in [-0.4, -0.2) is 29.8 Å². The lowest BCUT2D eigenvalue weighted by molar-refractivity contribution is -0.131. The summed E-state index contributed by atoms with van der Waals surface area (Å²) < 4.78 is 0.712. The van der Waals surface area contributed by atoms with E-state index < -0.39 is 0 Å². The van der Waals surface area contributed by atoms with Gasteiger partial charge in [-0.25, -0.2) is 0 Å². The van der Waals surface area contributed by atoms with Gasteiger partial charge in [-0.3, -0.25) is 9.59 Å². The van der Waals surface area contributed by atoms with E-state index in [0.29, 0.717) is 34.6 Å². The van der Waals surface area contributed by atoms with Gasteiger partial charge in [-0.1, -0.05) is 23.2 Å². The zero-order valence-electron chi connectivity index (χ0n) is 13.2. The van der Waals surface area contributed by atoms with Gasteiger partial charge in [0.1, 0.15) is 0 Å². The minimum absolute atomic E-state index is 0.00146. The second-order valence-electron chi connectivity index (χ2n) is 5.13. The molecule has 0 fully saturated rings. The fourth-order valence-corrected chi connectivity index (χ4v) is 3.37. The number of rotatable bonds is 7. The standard InChI is InChI=1S/C17H18Cl2N2O2S/c1-2-21(11-14-7-8-15(19)24-14)16(22)9-10-20-17(23)12-3-5-13(18)6-4-12/h3-8H,2,9-11H2,1H3,(H,20,23). The number of benzene rings is 1. The number of carbonyl (C=O) groups is 2. The van der Waals surface area contributed by atoms with Gasteiger partial charge in [0.25, 0.3) is 5.91 Å². The van der Waals surface area contributed by atoms with Gasteiger partial charge in [-0.05, 0) is 43.3 Å². The lowest BCUT2D eigenvalue weighted by Gasteiger charge is -2.20. The van der Waals surface area contributed by atoms with Crippen LogP contribution in [-0.2, 0) is 11.3 Å². The van der Waals surface area contributed by atoms with Crippen molar-refractivity contribution in [2.24, 2.45) is 0 Å². The molecule has 1 N–H and O–H groups in total. The van der Waals surface area contributed by atoms with Crippen molar-refractivity contribution in [2.75, 3.05) is 13.1 Å². The van der Waals surface area contributed by atoms with Crippen molar-refractivity contribution in [3.63, 3.8) is 0 Å². The molecule has 0 atom stereocenters. The lowest BCUT2D eigenvalue weighted by atomic mass is 10.2. The van der Waals surface area contributed by atoms with Crippen molar-refractivity contribution in [3.8, 4) is 0 Å². The molecule has 0 unspecified atom stereocenters. The maximum absolute atomic E-state index is 12.3. The predicted octanol–water partition coefficient (Wildman–Crippen LogP) is 4.22. The van der Waals surface area contributed by atoms with Crippen LogP contribution in [0.5, 0.6) is 0 Å². The second kappa shape index (κ2) is 9.06. The Morgan fingerprint density at radius 3 is 2.42 bits per heavy atom. The van der Waals surface area contributed by atoms with Crippen molar-refractivity contribution in [1.29, 1.82) is 0 Å². The average molecular weight is 385 g/mol. The average Bonchev–Trinajstić information content (AvgIpc) is 2.98. The van der Waals surface area contributed by atoms with Gasteiger partial charge in [0.15, 0.2) is 0 Å². The molecule has 2 amide bonds. The maximum atomic E-state index is 12.3. The molecule has 128 valence electrons. The maximum Gasteiger partial charge on any atom is 0.251 e. The molecule has 1 heterocycles. The Kier molecular flexibility index (Phi) is 7.09. The fraction of sp³-hybridized carbons (Fsp3) is 0.294. The minimum Gasteiger partial charge on any atom is -0.352 e. The van der Waals surface area contributed by atoms with E-state index in [0.717, 1.165) is 4.88 Å². The monoisotopic (exact) mass is 384 g/mol. The summed E-state index contributed by atoms with van der Waals surface area (Å²) in [5.41, 5.74) is 0.521. The number of hydrogen-bond acceptors (Lipinski definition) is 3. The summed E-state index contributed by atoms with van der Waals surface area (Å²) in [6, 6.07) is 10.4. The summed E-state index contributed by atoms with van der Waals surface area (Å²) in [6.07, 6.45) is 0.256. The number of thiophene rings is 1. The molecule has 0 aliphatic carbocycles. The molecule has 0 bridgehead atoms. The number of nitrogens with zero attached hydrogens (tertiary/aromatic N) is 1. The van der Waals surface area contributed by atoms with Crippen molar-refractivity contribution in [1.82, 2.24) is 10.2 Å². The highest BCUT2D eigenvalue weighted by molar-refractivity contribution is 7.16. The molecule has 0 saturated heterocycles. The topological polar surface area (TPSA) is 49.4 Å². The third-order valence-electron chi connectivity index (χ3n) is 3.44. The lowest BCUT2D eigenvalue weighted by Crippen LogP contribution is -2.34. The minimum atomic E-state index is -0.215. The van der Waals surface area contributed by atoms with Gasteiger partial charge in [0.2, 0.25) is 5.91 Å². The first-order chi connectivity index (χ1) is 11.5. The molecule has 1 aromatic heterocycles. The van der Waals surface area contributed by atoms with Crippen LogP contribution < -0.4 is 5.32 Å². The molecule has 1 aromatic carbocycles. The van der Waals surface area contributed by atoms with Crippen LogP contribution in [0.2, 0.25) is 9.36 Å². The zero-order valence-corrected chi connectivity index (χ0v) is 15.5. The van der Waals surface area contributed by atoms with Crippen LogP contribution in [0.25, 0.3) is 0 Å². The highest BCUT2D eigenvalue weighted by Gasteiger charge is 2.14. The Hall–Kier alpha value is -1.56. The predicted molar refractivity (Wildman–Crippen MR) is 98.8 cm³/mol. The first-order valence-electron chi connectivity index (χ1n) is 7.55. The van der Waals surface area contributed by atoms with Crippen LogP contribution in [0.3, 0.4) is 0 Å². The Morgan fingerprint density at radius 1 is 1.12 bits per heavy atom. The summed E-state index contributed by atoms with van der Waals surface area (Å²) in [4.78, 5) is 27.0. The fourth-order valence-electron chi connectivity index (χ4n) is 2.15. The van der Waals surface area contributed by atoms with E-state index in [1.54, 1.807) is 29.2 Å². The second-order valence-corrected chi connectivity index (χ2v) is 7.36. The Labute approximate surface area is 155 Å². The number of nitrogens with one attached hydrogen (secondary N) is 1. The zero-order chi connectivity index (χ0) is 17.5. The largest absolute Gasteiger partial charge is 0.352 e. The SMILES string of the molecule is CCN(Cc1ccc(Cl)s1)C(=O)CCNC(=O)c1ccc(Cl)cc1. The van der Waals surface area contributed by atoms with E-state index in [9.17, 15) is 9.59 Å². The number of halogens is 2. The van der Waals surface area contributed by atoms with Gasteiger partial charge >= 0.3 is 0 Å². The molecule has 2 aromatic rings. The number of hydrogen-bond donors (Lipinski definition) is 1. The number of amides is 2. The first kappa shape index (κ1) is 18.8. The Bertz CT molecular complexity index is 701. The highest BCUT2D eigenvalue weighted by Crippen LogP contribution is 2.22. The molecule has 0 aliphatic rings. The summed E-state index contributed by atoms with van der Waals surface area (Å²) in [7, 11) is 0. The highest BCUT2D eigenvalue weighted by atomic mass is 35.5. The van der Waals surface area contributed by atoms with Crippen LogP contribution in [0, 0.1) is 0 Å². The molecule has 7 heteroatoms. The normalized spacial score (nSPS) is 10.5. The van der Waals surface area contributed by atoms with Crippen molar-refractivity contribution >= 4 is 46.4 Å². The van der Waals surface area contributed by atoms with Gasteiger partial charge in [0, 0.05) is 35.0 Å². The van der Waals surface area contributed by atoms with Gasteiger partial charge < -0.3 is 10.2 Å². The molecule has 0 aliphatic heterocycles. The van der Waals surface area contributed by atoms with Crippen LogP contribution >= 0.6 is 34.5 Å². The van der Waals surface area contributed by atoms with E-state index in [4.69, 9.17) is 23.2 Å². The molecule has 0 spiro atoms. The molecule has 2 rings (SSSR count). The van der Waals surface area contributed by atoms with Gasteiger partial charge in [0.05, 0.1) is 10.9 Å². The number of carbonyl (C=O) groups excluding carboxylic acids is 2. The van der Waals surface area contributed by atoms with E-state index in [2.05, 4.69) is 5.32 Å². The first-order valence-corrected chi connectivity index (χ1v) is 9.12. The van der Waals surface area contributed by atoms with Gasteiger partial charge in [-0.15, -0.1) is 11.3 Å². The summed E-state index contributed by atoms with van der Waals surface area (Å²) >= 11 is 13.2. The van der Waals surface area contributed by atoms with Crippen molar-refractivity contribution in [2.45, 2.75) is 19.9 Å². The summed E-state index contributed by atoms with van der Waals surface area (Å²) in [5, 5.41) is 3.33. The van der Waals surface area contributed by atoms with Gasteiger partial charge in [-0.2, -0.15) is 0 Å². The summed E-state index contributed by atoms with van der Waals surface area (Å²) in [6.45, 7) is 3.37. The quantitative estimate of drug-likeness (QED) is 0.776. The van der Waals surface area contributed by atoms with E-state index in [1.807, 2.05) is 19.1 Å². The van der Waals surface area contributed by atoms with Crippen LogP contribution in [0.15, 0.2) is 36.4 Å². The van der Waals surface area contributed by atoms with Crippen LogP contribution in [0.4, 0.5) is 0 Å². The smallest absolute Gasteiger partial charge is 0.251 e. The van der Waals surface area contributed by atoms with Crippen molar-refractivity contribution in [3.05, 3.63) is 56.2 Å².